The summed E-state index contributed by atoms with van der Waals surface area (Å²) in [7, 11) is 0. The first-order chi connectivity index (χ1) is 10.4. The third-order valence-electron chi connectivity index (χ3n) is 3.45. The van der Waals surface area contributed by atoms with Crippen LogP contribution in [0.15, 0.2) is 22.5 Å². The molecule has 2 aliphatic heterocycles. The summed E-state index contributed by atoms with van der Waals surface area (Å²) < 4.78 is 18.7. The molecule has 0 saturated carbocycles. The van der Waals surface area contributed by atoms with Crippen LogP contribution in [0.25, 0.3) is 0 Å². The van der Waals surface area contributed by atoms with E-state index in [2.05, 4.69) is 4.98 Å². The lowest BCUT2D eigenvalue weighted by Crippen LogP contribution is -2.30. The molecule has 1 unspecified atom stereocenters. The predicted molar refractivity (Wildman–Crippen MR) is 76.1 cm³/mol. The van der Waals surface area contributed by atoms with Crippen molar-refractivity contribution in [3.8, 4) is 0 Å². The Labute approximate surface area is 130 Å². The third-order valence-corrected chi connectivity index (χ3v) is 3.76. The van der Waals surface area contributed by atoms with Crippen LogP contribution in [0.5, 0.6) is 0 Å². The van der Waals surface area contributed by atoms with Crippen LogP contribution in [-0.4, -0.2) is 38.3 Å². The number of aromatic nitrogens is 2. The van der Waals surface area contributed by atoms with Crippen molar-refractivity contribution in [2.24, 2.45) is 0 Å². The molecule has 1 saturated heterocycles. The number of nitrogens with one attached hydrogen (secondary N) is 1. The summed E-state index contributed by atoms with van der Waals surface area (Å²) in [5, 5.41) is 18.6. The first kappa shape index (κ1) is 15.2. The van der Waals surface area contributed by atoms with E-state index in [4.69, 9.17) is 26.4 Å². The minimum Gasteiger partial charge on any atom is -0.465 e. The number of ether oxygens (including phenoxy) is 3. The molecule has 0 aliphatic carbocycles. The van der Waals surface area contributed by atoms with Crippen molar-refractivity contribution in [2.45, 2.75) is 38.6 Å². The molecule has 3 rings (SSSR count). The molecule has 120 valence electrons. The predicted octanol–water partition coefficient (Wildman–Crippen LogP) is 0.282. The molecule has 22 heavy (non-hydrogen) atoms. The van der Waals surface area contributed by atoms with Gasteiger partial charge in [0, 0.05) is 20.0 Å². The largest absolute Gasteiger partial charge is 0.465 e. The summed E-state index contributed by atoms with van der Waals surface area (Å²) in [6.07, 6.45) is 0.0909. The molecular formula is C13H16N2O6S. The highest BCUT2D eigenvalue weighted by atomic mass is 32.1. The van der Waals surface area contributed by atoms with E-state index in [0.29, 0.717) is 5.76 Å². The van der Waals surface area contributed by atoms with Crippen molar-refractivity contribution in [1.29, 1.82) is 0 Å². The number of aromatic amines is 1. The van der Waals surface area contributed by atoms with Crippen molar-refractivity contribution in [3.63, 3.8) is 0 Å². The van der Waals surface area contributed by atoms with Crippen LogP contribution in [-0.2, 0) is 20.8 Å². The van der Waals surface area contributed by atoms with Crippen LogP contribution >= 0.6 is 12.2 Å². The van der Waals surface area contributed by atoms with Crippen molar-refractivity contribution in [1.82, 2.24) is 9.55 Å². The Morgan fingerprint density at radius 2 is 2.14 bits per heavy atom. The van der Waals surface area contributed by atoms with Crippen molar-refractivity contribution in [3.05, 3.63) is 38.4 Å². The van der Waals surface area contributed by atoms with Gasteiger partial charge in [-0.05, 0) is 12.2 Å². The summed E-state index contributed by atoms with van der Waals surface area (Å²) in [6, 6.07) is 0. The zero-order valence-corrected chi connectivity index (χ0v) is 12.8. The standard InChI is InChI=1S/C13H16N2O6S/c1-13(2)20-8-7(5-17)19-11(9(8)21-13)15-3-6(4-16)10(18)14-12(15)22/h3,9,11,16-17H,4-5H2,1-2H3,(H,14,18,22)/t9?,11-/m1/s1. The molecule has 0 radical (unpaired) electrons. The summed E-state index contributed by atoms with van der Waals surface area (Å²) >= 11 is 5.14. The molecule has 3 N–H and O–H groups in total. The first-order valence-corrected chi connectivity index (χ1v) is 7.09. The molecule has 1 aromatic heterocycles. The number of aliphatic hydroxyl groups is 2. The van der Waals surface area contributed by atoms with Gasteiger partial charge >= 0.3 is 0 Å². The number of hydrogen-bond acceptors (Lipinski definition) is 7. The van der Waals surface area contributed by atoms with Crippen LogP contribution in [0.4, 0.5) is 0 Å². The van der Waals surface area contributed by atoms with Gasteiger partial charge in [0.05, 0.1) is 12.2 Å². The highest BCUT2D eigenvalue weighted by Gasteiger charge is 2.50. The zero-order valence-electron chi connectivity index (χ0n) is 12.0. The second-order valence-corrected chi connectivity index (χ2v) is 5.86. The summed E-state index contributed by atoms with van der Waals surface area (Å²) in [6.45, 7) is 2.72. The minimum absolute atomic E-state index is 0.124. The minimum atomic E-state index is -0.855. The van der Waals surface area contributed by atoms with Crippen LogP contribution in [0.1, 0.15) is 25.6 Å². The third kappa shape index (κ3) is 2.35. The number of aliphatic hydroxyl groups excluding tert-OH is 2. The summed E-state index contributed by atoms with van der Waals surface area (Å²) in [4.78, 5) is 14.1. The number of H-pyrrole nitrogens is 1. The molecular weight excluding hydrogens is 312 g/mol. The average Bonchev–Trinajstić information content (AvgIpc) is 2.92. The van der Waals surface area contributed by atoms with E-state index in [1.807, 2.05) is 0 Å². The van der Waals surface area contributed by atoms with E-state index in [1.165, 1.54) is 10.8 Å². The lowest BCUT2D eigenvalue weighted by atomic mass is 10.2. The Morgan fingerprint density at radius 3 is 2.77 bits per heavy atom. The van der Waals surface area contributed by atoms with E-state index in [0.717, 1.165) is 0 Å². The molecule has 0 amide bonds. The topological polar surface area (TPSA) is 106 Å². The number of nitrogens with zero attached hydrogens (tertiary/aromatic N) is 1. The fourth-order valence-electron chi connectivity index (χ4n) is 2.52. The van der Waals surface area contributed by atoms with Crippen molar-refractivity contribution >= 4 is 12.2 Å². The fraction of sp³-hybridized carbons (Fsp3) is 0.538. The van der Waals surface area contributed by atoms with Crippen LogP contribution in [0.3, 0.4) is 0 Å². The maximum absolute atomic E-state index is 11.6. The van der Waals surface area contributed by atoms with Gasteiger partial charge in [0.15, 0.2) is 22.4 Å². The molecule has 0 aromatic carbocycles. The number of hydrogen-bond donors (Lipinski definition) is 3. The lowest BCUT2D eigenvalue weighted by molar-refractivity contribution is -0.166. The molecule has 1 aromatic rings. The van der Waals surface area contributed by atoms with Crippen molar-refractivity contribution < 1.29 is 24.4 Å². The van der Waals surface area contributed by atoms with Gasteiger partial charge in [-0.2, -0.15) is 0 Å². The van der Waals surface area contributed by atoms with E-state index in [1.54, 1.807) is 13.8 Å². The van der Waals surface area contributed by atoms with Crippen LogP contribution in [0.2, 0.25) is 0 Å². The Morgan fingerprint density at radius 1 is 1.41 bits per heavy atom. The van der Waals surface area contributed by atoms with E-state index in [9.17, 15) is 15.0 Å². The first-order valence-electron chi connectivity index (χ1n) is 6.69. The van der Waals surface area contributed by atoms with E-state index >= 15 is 0 Å². The molecule has 0 bridgehead atoms. The van der Waals surface area contributed by atoms with Crippen LogP contribution in [0, 0.1) is 4.77 Å². The van der Waals surface area contributed by atoms with Gasteiger partial charge in [-0.1, -0.05) is 0 Å². The molecule has 3 heterocycles. The van der Waals surface area contributed by atoms with Gasteiger partial charge in [0.1, 0.15) is 6.61 Å². The smallest absolute Gasteiger partial charge is 0.257 e. The summed E-state index contributed by atoms with van der Waals surface area (Å²) in [5.74, 6) is -0.178. The zero-order chi connectivity index (χ0) is 16.1. The molecule has 1 fully saturated rings. The van der Waals surface area contributed by atoms with E-state index in [-0.39, 0.29) is 22.7 Å². The Balaban J connectivity index is 2.05. The van der Waals surface area contributed by atoms with Gasteiger partial charge < -0.3 is 24.4 Å². The van der Waals surface area contributed by atoms with Crippen molar-refractivity contribution in [2.75, 3.05) is 6.61 Å². The molecule has 9 heteroatoms. The maximum Gasteiger partial charge on any atom is 0.257 e. The molecule has 2 aliphatic rings. The lowest BCUT2D eigenvalue weighted by Gasteiger charge is -2.23. The highest BCUT2D eigenvalue weighted by Crippen LogP contribution is 2.44. The normalized spacial score (nSPS) is 25.8. The maximum atomic E-state index is 11.6. The molecule has 2 atom stereocenters. The Bertz CT molecular complexity index is 750. The highest BCUT2D eigenvalue weighted by molar-refractivity contribution is 7.71. The van der Waals surface area contributed by atoms with Crippen LogP contribution < -0.4 is 5.56 Å². The van der Waals surface area contributed by atoms with Gasteiger partial charge in [-0.15, -0.1) is 0 Å². The quantitative estimate of drug-likeness (QED) is 0.684. The molecule has 8 nitrogen and oxygen atoms in total. The van der Waals surface area contributed by atoms with Gasteiger partial charge in [-0.3, -0.25) is 14.3 Å². The average molecular weight is 328 g/mol. The monoisotopic (exact) mass is 328 g/mol. The van der Waals surface area contributed by atoms with Gasteiger partial charge in [0.2, 0.25) is 12.0 Å². The SMILES string of the molecule is CC1(C)OC2=C(CO)O[C@@H](n3cc(CO)c(=O)[nH]c3=S)C2O1. The Hall–Kier alpha value is -1.68. The Kier molecular flexibility index (Phi) is 3.60. The van der Waals surface area contributed by atoms with E-state index < -0.39 is 30.3 Å². The second-order valence-electron chi connectivity index (χ2n) is 5.47. The summed E-state index contributed by atoms with van der Waals surface area (Å²) in [5.41, 5.74) is -0.310. The molecule has 0 spiro atoms. The second kappa shape index (κ2) is 5.20. The van der Waals surface area contributed by atoms with Gasteiger partial charge in [0.25, 0.3) is 5.56 Å². The fourth-order valence-corrected chi connectivity index (χ4v) is 2.77. The number of fused-ring (bicyclic) bond motifs is 1. The van der Waals surface area contributed by atoms with Gasteiger partial charge in [-0.25, -0.2) is 0 Å². The number of rotatable bonds is 3.